The summed E-state index contributed by atoms with van der Waals surface area (Å²) in [6.45, 7) is 3.15. The van der Waals surface area contributed by atoms with Crippen LogP contribution in [0.25, 0.3) is 0 Å². The van der Waals surface area contributed by atoms with E-state index in [1.807, 2.05) is 0 Å². The summed E-state index contributed by atoms with van der Waals surface area (Å²) in [5.41, 5.74) is -0.659. The van der Waals surface area contributed by atoms with E-state index in [1.54, 1.807) is 11.3 Å². The Morgan fingerprint density at radius 2 is 1.96 bits per heavy atom. The number of amides is 2. The number of carbonyl (C=O) groups excluding carboxylic acids is 1. The van der Waals surface area contributed by atoms with Gasteiger partial charge in [0.25, 0.3) is 0 Å². The van der Waals surface area contributed by atoms with Crippen LogP contribution in [0.4, 0.5) is 23.7 Å². The van der Waals surface area contributed by atoms with Gasteiger partial charge in [0.1, 0.15) is 0 Å². The maximum absolute atomic E-state index is 12.7. The van der Waals surface area contributed by atoms with E-state index in [4.69, 9.17) is 0 Å². The molecule has 0 aliphatic carbocycles. The number of likely N-dealkylation sites (tertiary alicyclic amines) is 1. The normalized spacial score (nSPS) is 16.3. The van der Waals surface area contributed by atoms with Gasteiger partial charge in [0.15, 0.2) is 0 Å². The standard InChI is InChI=1S/C19H22F3N3OS/c20-19(21,22)15-3-1-4-16(13-15)24-18(26)23-8-11-25-9-6-14(7-10-25)17-5-2-12-27-17/h1-5,12-14H,6-11H2,(H2,23,24,26). The largest absolute Gasteiger partial charge is 0.416 e. The van der Waals surface area contributed by atoms with Gasteiger partial charge in [0.2, 0.25) is 0 Å². The molecule has 0 spiro atoms. The number of rotatable bonds is 5. The quantitative estimate of drug-likeness (QED) is 0.764. The van der Waals surface area contributed by atoms with E-state index in [9.17, 15) is 18.0 Å². The van der Waals surface area contributed by atoms with Gasteiger partial charge in [-0.3, -0.25) is 0 Å². The van der Waals surface area contributed by atoms with Crippen LogP contribution in [0.3, 0.4) is 0 Å². The zero-order chi connectivity index (χ0) is 19.3. The topological polar surface area (TPSA) is 44.4 Å². The molecular weight excluding hydrogens is 375 g/mol. The first kappa shape index (κ1) is 19.7. The number of anilines is 1. The van der Waals surface area contributed by atoms with Crippen LogP contribution in [0.5, 0.6) is 0 Å². The van der Waals surface area contributed by atoms with Crippen molar-refractivity contribution in [2.45, 2.75) is 24.9 Å². The maximum atomic E-state index is 12.7. The van der Waals surface area contributed by atoms with Crippen LogP contribution in [-0.2, 0) is 6.18 Å². The van der Waals surface area contributed by atoms with Crippen LogP contribution in [0.15, 0.2) is 41.8 Å². The molecule has 2 heterocycles. The molecule has 4 nitrogen and oxygen atoms in total. The summed E-state index contributed by atoms with van der Waals surface area (Å²) in [6, 6.07) is 8.38. The van der Waals surface area contributed by atoms with Crippen molar-refractivity contribution in [3.63, 3.8) is 0 Å². The molecule has 8 heteroatoms. The zero-order valence-corrected chi connectivity index (χ0v) is 15.6. The van der Waals surface area contributed by atoms with Crippen LogP contribution in [0, 0.1) is 0 Å². The minimum atomic E-state index is -4.43. The van der Waals surface area contributed by atoms with Gasteiger partial charge >= 0.3 is 12.2 Å². The summed E-state index contributed by atoms with van der Waals surface area (Å²) in [6.07, 6.45) is -2.21. The predicted molar refractivity (Wildman–Crippen MR) is 101 cm³/mol. The van der Waals surface area contributed by atoms with E-state index in [-0.39, 0.29) is 5.69 Å². The van der Waals surface area contributed by atoms with E-state index in [0.717, 1.165) is 44.6 Å². The highest BCUT2D eigenvalue weighted by Crippen LogP contribution is 2.31. The van der Waals surface area contributed by atoms with Crippen molar-refractivity contribution < 1.29 is 18.0 Å². The molecule has 0 bridgehead atoms. The molecule has 0 radical (unpaired) electrons. The van der Waals surface area contributed by atoms with E-state index < -0.39 is 17.8 Å². The Labute approximate surface area is 160 Å². The molecule has 1 aromatic carbocycles. The molecule has 1 aliphatic heterocycles. The molecule has 27 heavy (non-hydrogen) atoms. The minimum Gasteiger partial charge on any atom is -0.337 e. The van der Waals surface area contributed by atoms with Gasteiger partial charge in [0, 0.05) is 23.7 Å². The summed E-state index contributed by atoms with van der Waals surface area (Å²) < 4.78 is 38.1. The Kier molecular flexibility index (Phi) is 6.38. The van der Waals surface area contributed by atoms with Gasteiger partial charge in [-0.05, 0) is 61.5 Å². The lowest BCUT2D eigenvalue weighted by atomic mass is 9.95. The molecule has 2 aromatic rings. The molecule has 1 aromatic heterocycles. The SMILES string of the molecule is O=C(NCCN1CCC(c2cccs2)CC1)Nc1cccc(C(F)(F)F)c1. The highest BCUT2D eigenvalue weighted by Gasteiger charge is 2.30. The number of alkyl halides is 3. The molecule has 146 valence electrons. The molecule has 1 saturated heterocycles. The maximum Gasteiger partial charge on any atom is 0.416 e. The first-order valence-corrected chi connectivity index (χ1v) is 9.77. The average molecular weight is 397 g/mol. The fourth-order valence-electron chi connectivity index (χ4n) is 3.24. The summed E-state index contributed by atoms with van der Waals surface area (Å²) in [5, 5.41) is 7.26. The number of piperidine rings is 1. The molecule has 2 amide bonds. The Hall–Kier alpha value is -2.06. The second-order valence-electron chi connectivity index (χ2n) is 6.59. The number of carbonyl (C=O) groups is 1. The Morgan fingerprint density at radius 3 is 2.63 bits per heavy atom. The molecule has 0 saturated carbocycles. The smallest absolute Gasteiger partial charge is 0.337 e. The number of thiophene rings is 1. The first-order valence-electron chi connectivity index (χ1n) is 8.90. The Balaban J connectivity index is 1.38. The van der Waals surface area contributed by atoms with Crippen LogP contribution >= 0.6 is 11.3 Å². The van der Waals surface area contributed by atoms with Crippen molar-refractivity contribution in [2.24, 2.45) is 0 Å². The van der Waals surface area contributed by atoms with E-state index in [2.05, 4.69) is 33.0 Å². The predicted octanol–water partition coefficient (Wildman–Crippen LogP) is 4.77. The van der Waals surface area contributed by atoms with Gasteiger partial charge in [-0.15, -0.1) is 11.3 Å². The molecule has 3 rings (SSSR count). The number of benzene rings is 1. The van der Waals surface area contributed by atoms with Crippen molar-refractivity contribution >= 4 is 23.1 Å². The van der Waals surface area contributed by atoms with Gasteiger partial charge in [-0.1, -0.05) is 12.1 Å². The molecule has 0 atom stereocenters. The fraction of sp³-hybridized carbons (Fsp3) is 0.421. The highest BCUT2D eigenvalue weighted by atomic mass is 32.1. The number of hydrogen-bond donors (Lipinski definition) is 2. The van der Waals surface area contributed by atoms with Crippen molar-refractivity contribution in [1.82, 2.24) is 10.2 Å². The van der Waals surface area contributed by atoms with Crippen LogP contribution in [0.1, 0.15) is 29.2 Å². The van der Waals surface area contributed by atoms with Crippen molar-refractivity contribution in [1.29, 1.82) is 0 Å². The van der Waals surface area contributed by atoms with Crippen molar-refractivity contribution in [3.05, 3.63) is 52.2 Å². The van der Waals surface area contributed by atoms with E-state index >= 15 is 0 Å². The lowest BCUT2D eigenvalue weighted by Gasteiger charge is -2.31. The highest BCUT2D eigenvalue weighted by molar-refractivity contribution is 7.10. The number of nitrogens with zero attached hydrogens (tertiary/aromatic N) is 1. The number of halogens is 3. The summed E-state index contributed by atoms with van der Waals surface area (Å²) in [4.78, 5) is 15.6. The third-order valence-electron chi connectivity index (χ3n) is 4.69. The van der Waals surface area contributed by atoms with Crippen LogP contribution in [0.2, 0.25) is 0 Å². The van der Waals surface area contributed by atoms with Crippen LogP contribution in [-0.4, -0.2) is 37.1 Å². The fourth-order valence-corrected chi connectivity index (χ4v) is 4.14. The lowest BCUT2D eigenvalue weighted by Crippen LogP contribution is -2.40. The first-order chi connectivity index (χ1) is 12.9. The number of urea groups is 1. The molecule has 2 N–H and O–H groups in total. The second kappa shape index (κ2) is 8.75. The Bertz CT molecular complexity index is 741. The molecule has 1 fully saturated rings. The van der Waals surface area contributed by atoms with Gasteiger partial charge in [-0.25, -0.2) is 4.79 Å². The third-order valence-corrected chi connectivity index (χ3v) is 5.73. The summed E-state index contributed by atoms with van der Waals surface area (Å²) >= 11 is 1.80. The van der Waals surface area contributed by atoms with E-state index in [0.29, 0.717) is 12.5 Å². The minimum absolute atomic E-state index is 0.124. The number of hydrogen-bond acceptors (Lipinski definition) is 3. The second-order valence-corrected chi connectivity index (χ2v) is 7.57. The van der Waals surface area contributed by atoms with Gasteiger partial charge in [0.05, 0.1) is 5.56 Å². The number of nitrogens with one attached hydrogen (secondary N) is 2. The molecule has 0 unspecified atom stereocenters. The molecular formula is C19H22F3N3OS. The summed E-state index contributed by atoms with van der Waals surface area (Å²) in [7, 11) is 0. The van der Waals surface area contributed by atoms with Crippen LogP contribution < -0.4 is 10.6 Å². The summed E-state index contributed by atoms with van der Waals surface area (Å²) in [5.74, 6) is 0.624. The van der Waals surface area contributed by atoms with Crippen molar-refractivity contribution in [2.75, 3.05) is 31.5 Å². The van der Waals surface area contributed by atoms with E-state index in [1.165, 1.54) is 17.0 Å². The van der Waals surface area contributed by atoms with Crippen molar-refractivity contribution in [3.8, 4) is 0 Å². The zero-order valence-electron chi connectivity index (χ0n) is 14.8. The lowest BCUT2D eigenvalue weighted by molar-refractivity contribution is -0.137. The monoisotopic (exact) mass is 397 g/mol. The molecule has 1 aliphatic rings. The Morgan fingerprint density at radius 1 is 1.19 bits per heavy atom. The van der Waals surface area contributed by atoms with Gasteiger partial charge < -0.3 is 15.5 Å². The third kappa shape index (κ3) is 5.71. The van der Waals surface area contributed by atoms with Gasteiger partial charge in [-0.2, -0.15) is 13.2 Å². The average Bonchev–Trinajstić information content (AvgIpc) is 3.16.